The van der Waals surface area contributed by atoms with E-state index in [-0.39, 0.29) is 5.91 Å². The van der Waals surface area contributed by atoms with Crippen LogP contribution < -0.4 is 5.73 Å². The molecule has 0 atom stereocenters. The highest BCUT2D eigenvalue weighted by Gasteiger charge is 2.08. The topological polar surface area (TPSA) is 43.1 Å². The first-order valence-electron chi connectivity index (χ1n) is 6.48. The van der Waals surface area contributed by atoms with Crippen LogP contribution in [-0.4, -0.2) is 5.91 Å². The van der Waals surface area contributed by atoms with Gasteiger partial charge in [0, 0.05) is 0 Å². The minimum Gasteiger partial charge on any atom is -0.369 e. The lowest BCUT2D eigenvalue weighted by Gasteiger charge is -2.13. The van der Waals surface area contributed by atoms with E-state index in [0.717, 1.165) is 12.0 Å². The van der Waals surface area contributed by atoms with Crippen LogP contribution in [0.2, 0.25) is 0 Å². The van der Waals surface area contributed by atoms with Gasteiger partial charge < -0.3 is 5.73 Å². The van der Waals surface area contributed by atoms with Crippen LogP contribution >= 0.6 is 0 Å². The van der Waals surface area contributed by atoms with Crippen LogP contribution in [0.5, 0.6) is 0 Å². The first-order valence-corrected chi connectivity index (χ1v) is 6.48. The summed E-state index contributed by atoms with van der Waals surface area (Å²) in [5.74, 6) is -0.279. The maximum Gasteiger partial charge on any atom is 0.221 e. The molecule has 2 rings (SSSR count). The molecule has 0 aliphatic heterocycles. The van der Waals surface area contributed by atoms with E-state index in [2.05, 4.69) is 44.2 Å². The second kappa shape index (κ2) is 5.70. The number of amides is 1. The molecule has 0 aliphatic rings. The van der Waals surface area contributed by atoms with Crippen molar-refractivity contribution in [2.24, 2.45) is 5.73 Å². The summed E-state index contributed by atoms with van der Waals surface area (Å²) < 4.78 is 0. The van der Waals surface area contributed by atoms with Crippen molar-refractivity contribution in [1.29, 1.82) is 0 Å². The van der Waals surface area contributed by atoms with Crippen LogP contribution in [-0.2, 0) is 17.6 Å². The molecule has 2 nitrogen and oxygen atoms in total. The summed E-state index contributed by atoms with van der Waals surface area (Å²) in [7, 11) is 0. The Morgan fingerprint density at radius 3 is 2.16 bits per heavy atom. The molecule has 0 unspecified atom stereocenters. The lowest BCUT2D eigenvalue weighted by molar-refractivity contribution is -0.117. The minimum absolute atomic E-state index is 0.279. The van der Waals surface area contributed by atoms with E-state index in [9.17, 15) is 4.79 Å². The maximum atomic E-state index is 11.0. The zero-order chi connectivity index (χ0) is 13.8. The van der Waals surface area contributed by atoms with Crippen molar-refractivity contribution in [3.8, 4) is 0 Å². The minimum atomic E-state index is -0.279. The van der Waals surface area contributed by atoms with E-state index in [1.165, 1.54) is 22.3 Å². The van der Waals surface area contributed by atoms with Gasteiger partial charge in [0.05, 0.1) is 6.42 Å². The molecule has 0 spiro atoms. The van der Waals surface area contributed by atoms with Gasteiger partial charge in [-0.25, -0.2) is 0 Å². The third kappa shape index (κ3) is 3.22. The Kier molecular flexibility index (Phi) is 4.00. The normalized spacial score (nSPS) is 10.4. The third-order valence-corrected chi connectivity index (χ3v) is 3.61. The van der Waals surface area contributed by atoms with Gasteiger partial charge in [-0.3, -0.25) is 4.79 Å². The zero-order valence-corrected chi connectivity index (χ0v) is 11.4. The van der Waals surface area contributed by atoms with Crippen molar-refractivity contribution in [2.75, 3.05) is 0 Å². The number of nitrogens with two attached hydrogens (primary N) is 1. The van der Waals surface area contributed by atoms with Crippen molar-refractivity contribution in [3.05, 3.63) is 70.3 Å². The van der Waals surface area contributed by atoms with Gasteiger partial charge in [-0.2, -0.15) is 0 Å². The summed E-state index contributed by atoms with van der Waals surface area (Å²) in [5, 5.41) is 0. The second-order valence-electron chi connectivity index (χ2n) is 4.94. The molecule has 2 heteroatoms. The van der Waals surface area contributed by atoms with Gasteiger partial charge in [0.25, 0.3) is 0 Å². The average molecular weight is 253 g/mol. The molecule has 98 valence electrons. The molecule has 0 aliphatic carbocycles. The third-order valence-electron chi connectivity index (χ3n) is 3.61. The largest absolute Gasteiger partial charge is 0.369 e. The summed E-state index contributed by atoms with van der Waals surface area (Å²) in [6, 6.07) is 14.5. The van der Waals surface area contributed by atoms with Crippen molar-refractivity contribution >= 4 is 5.91 Å². The summed E-state index contributed by atoms with van der Waals surface area (Å²) in [6.45, 7) is 4.17. The van der Waals surface area contributed by atoms with Gasteiger partial charge in [-0.1, -0.05) is 42.5 Å². The molecular weight excluding hydrogens is 234 g/mol. The molecule has 2 N–H and O–H groups in total. The SMILES string of the molecule is Cc1c(CC(N)=O)ccc(Cc2ccccc2)c1C. The number of hydrogen-bond donors (Lipinski definition) is 1. The van der Waals surface area contributed by atoms with Crippen molar-refractivity contribution in [2.45, 2.75) is 26.7 Å². The van der Waals surface area contributed by atoms with E-state index in [0.29, 0.717) is 6.42 Å². The molecule has 0 fully saturated rings. The van der Waals surface area contributed by atoms with Crippen LogP contribution in [0.25, 0.3) is 0 Å². The Balaban J connectivity index is 2.28. The van der Waals surface area contributed by atoms with Gasteiger partial charge in [-0.15, -0.1) is 0 Å². The molecule has 0 radical (unpaired) electrons. The average Bonchev–Trinajstić information content (AvgIpc) is 2.39. The first kappa shape index (κ1) is 13.3. The predicted octanol–water partition coefficient (Wildman–Crippen LogP) is 2.92. The Bertz CT molecular complexity index is 588. The quantitative estimate of drug-likeness (QED) is 0.894. The molecule has 2 aromatic carbocycles. The molecule has 0 heterocycles. The van der Waals surface area contributed by atoms with Gasteiger partial charge in [0.15, 0.2) is 0 Å². The summed E-state index contributed by atoms with van der Waals surface area (Å²) in [4.78, 5) is 11.0. The fourth-order valence-electron chi connectivity index (χ4n) is 2.32. The first-order chi connectivity index (χ1) is 9.08. The fraction of sp³-hybridized carbons (Fsp3) is 0.235. The highest BCUT2D eigenvalue weighted by Crippen LogP contribution is 2.21. The van der Waals surface area contributed by atoms with Gasteiger partial charge in [0.2, 0.25) is 5.91 Å². The number of benzene rings is 2. The molecule has 0 aromatic heterocycles. The summed E-state index contributed by atoms with van der Waals surface area (Å²) >= 11 is 0. The standard InChI is InChI=1S/C17H19NO/c1-12-13(2)16(11-17(18)19)9-8-15(12)10-14-6-4-3-5-7-14/h3-9H,10-11H2,1-2H3,(H2,18,19). The molecular formula is C17H19NO. The zero-order valence-electron chi connectivity index (χ0n) is 11.4. The van der Waals surface area contributed by atoms with Gasteiger partial charge in [-0.05, 0) is 48.1 Å². The Labute approximate surface area is 114 Å². The number of hydrogen-bond acceptors (Lipinski definition) is 1. The number of carbonyl (C=O) groups excluding carboxylic acids is 1. The van der Waals surface area contributed by atoms with E-state index in [4.69, 9.17) is 5.73 Å². The van der Waals surface area contributed by atoms with E-state index in [1.54, 1.807) is 0 Å². The van der Waals surface area contributed by atoms with Crippen molar-refractivity contribution < 1.29 is 4.79 Å². The Morgan fingerprint density at radius 2 is 1.53 bits per heavy atom. The summed E-state index contributed by atoms with van der Waals surface area (Å²) in [5.41, 5.74) is 11.3. The van der Waals surface area contributed by atoms with Crippen LogP contribution in [0.15, 0.2) is 42.5 Å². The van der Waals surface area contributed by atoms with Crippen LogP contribution in [0.1, 0.15) is 27.8 Å². The molecule has 0 saturated heterocycles. The smallest absolute Gasteiger partial charge is 0.221 e. The Morgan fingerprint density at radius 1 is 0.947 bits per heavy atom. The highest BCUT2D eigenvalue weighted by molar-refractivity contribution is 5.77. The van der Waals surface area contributed by atoms with E-state index >= 15 is 0 Å². The molecule has 2 aromatic rings. The lowest BCUT2D eigenvalue weighted by atomic mass is 9.93. The second-order valence-corrected chi connectivity index (χ2v) is 4.94. The Hall–Kier alpha value is -2.09. The predicted molar refractivity (Wildman–Crippen MR) is 78.1 cm³/mol. The molecule has 0 saturated carbocycles. The number of rotatable bonds is 4. The van der Waals surface area contributed by atoms with Crippen molar-refractivity contribution in [3.63, 3.8) is 0 Å². The van der Waals surface area contributed by atoms with E-state index in [1.807, 2.05) is 12.1 Å². The van der Waals surface area contributed by atoms with Crippen molar-refractivity contribution in [1.82, 2.24) is 0 Å². The van der Waals surface area contributed by atoms with Crippen LogP contribution in [0, 0.1) is 13.8 Å². The van der Waals surface area contributed by atoms with Gasteiger partial charge >= 0.3 is 0 Å². The maximum absolute atomic E-state index is 11.0. The van der Waals surface area contributed by atoms with E-state index < -0.39 is 0 Å². The monoisotopic (exact) mass is 253 g/mol. The highest BCUT2D eigenvalue weighted by atomic mass is 16.1. The number of carbonyl (C=O) groups is 1. The fourth-order valence-corrected chi connectivity index (χ4v) is 2.32. The number of primary amides is 1. The molecule has 1 amide bonds. The van der Waals surface area contributed by atoms with Gasteiger partial charge in [0.1, 0.15) is 0 Å². The lowest BCUT2D eigenvalue weighted by Crippen LogP contribution is -2.15. The summed E-state index contributed by atoms with van der Waals surface area (Å²) in [6.07, 6.45) is 1.24. The van der Waals surface area contributed by atoms with Crippen LogP contribution in [0.3, 0.4) is 0 Å². The van der Waals surface area contributed by atoms with Crippen LogP contribution in [0.4, 0.5) is 0 Å². The molecule has 19 heavy (non-hydrogen) atoms. The molecule has 0 bridgehead atoms.